The Hall–Kier alpha value is -1.81. The van der Waals surface area contributed by atoms with E-state index in [-0.39, 0.29) is 5.92 Å². The van der Waals surface area contributed by atoms with Gasteiger partial charge in [-0.25, -0.2) is 4.98 Å². The van der Waals surface area contributed by atoms with Gasteiger partial charge in [0.1, 0.15) is 17.4 Å². The van der Waals surface area contributed by atoms with Gasteiger partial charge in [-0.15, -0.1) is 0 Å². The first kappa shape index (κ1) is 12.6. The zero-order valence-corrected chi connectivity index (χ0v) is 11.0. The van der Waals surface area contributed by atoms with E-state index >= 15 is 0 Å². The first-order valence-corrected chi connectivity index (χ1v) is 6.00. The molecule has 1 aromatic carbocycles. The smallest absolute Gasteiger partial charge is 0.224 e. The first-order valence-electron chi connectivity index (χ1n) is 5.62. The van der Waals surface area contributed by atoms with Gasteiger partial charge in [0.25, 0.3) is 0 Å². The van der Waals surface area contributed by atoms with Gasteiger partial charge in [0.2, 0.25) is 5.88 Å². The van der Waals surface area contributed by atoms with Crippen molar-refractivity contribution in [3.8, 4) is 11.6 Å². The maximum atomic E-state index is 5.89. The summed E-state index contributed by atoms with van der Waals surface area (Å²) in [4.78, 5) is 8.45. The molecular weight excluding hydrogens is 250 g/mol. The van der Waals surface area contributed by atoms with Crippen LogP contribution in [0, 0.1) is 0 Å². The SMILES string of the molecule is CC(C)c1nc(N)cc(Oc2cccc(Cl)c2)n1. The average molecular weight is 264 g/mol. The molecule has 0 fully saturated rings. The van der Waals surface area contributed by atoms with E-state index < -0.39 is 0 Å². The summed E-state index contributed by atoms with van der Waals surface area (Å²) in [5.41, 5.74) is 5.72. The minimum Gasteiger partial charge on any atom is -0.439 e. The summed E-state index contributed by atoms with van der Waals surface area (Å²) in [7, 11) is 0. The monoisotopic (exact) mass is 263 g/mol. The molecule has 0 bridgehead atoms. The number of hydrogen-bond donors (Lipinski definition) is 1. The number of ether oxygens (including phenoxy) is 1. The lowest BCUT2D eigenvalue weighted by atomic mass is 10.2. The molecule has 4 nitrogen and oxygen atoms in total. The Morgan fingerprint density at radius 1 is 1.22 bits per heavy atom. The Bertz CT molecular complexity index is 558. The van der Waals surface area contributed by atoms with Crippen LogP contribution in [0.15, 0.2) is 30.3 Å². The fraction of sp³-hybridized carbons (Fsp3) is 0.231. The molecule has 18 heavy (non-hydrogen) atoms. The lowest BCUT2D eigenvalue weighted by molar-refractivity contribution is 0.457. The summed E-state index contributed by atoms with van der Waals surface area (Å²) >= 11 is 5.89. The van der Waals surface area contributed by atoms with Crippen LogP contribution < -0.4 is 10.5 Å². The van der Waals surface area contributed by atoms with Gasteiger partial charge in [0.05, 0.1) is 0 Å². The maximum absolute atomic E-state index is 5.89. The standard InChI is InChI=1S/C13H14ClN3O/c1-8(2)13-16-11(15)7-12(17-13)18-10-5-3-4-9(14)6-10/h3-8H,1-2H3,(H2,15,16,17). The predicted octanol–water partition coefficient (Wildman–Crippen LogP) is 3.63. The minimum atomic E-state index is 0.190. The second kappa shape index (κ2) is 5.23. The largest absolute Gasteiger partial charge is 0.439 e. The van der Waals surface area contributed by atoms with Crippen LogP contribution >= 0.6 is 11.6 Å². The van der Waals surface area contributed by atoms with Crippen molar-refractivity contribution in [2.24, 2.45) is 0 Å². The maximum Gasteiger partial charge on any atom is 0.224 e. The van der Waals surface area contributed by atoms with Crippen molar-refractivity contribution in [2.45, 2.75) is 19.8 Å². The van der Waals surface area contributed by atoms with Crippen LogP contribution in [-0.2, 0) is 0 Å². The summed E-state index contributed by atoms with van der Waals surface area (Å²) < 4.78 is 5.62. The summed E-state index contributed by atoms with van der Waals surface area (Å²) in [6, 6.07) is 8.70. The number of nitrogens with two attached hydrogens (primary N) is 1. The highest BCUT2D eigenvalue weighted by molar-refractivity contribution is 6.30. The zero-order chi connectivity index (χ0) is 13.1. The van der Waals surface area contributed by atoms with Gasteiger partial charge in [-0.05, 0) is 18.2 Å². The number of halogens is 1. The van der Waals surface area contributed by atoms with Crippen LogP contribution in [0.4, 0.5) is 5.82 Å². The van der Waals surface area contributed by atoms with Crippen molar-refractivity contribution in [1.29, 1.82) is 0 Å². The van der Waals surface area contributed by atoms with E-state index in [0.717, 1.165) is 0 Å². The highest BCUT2D eigenvalue weighted by Crippen LogP contribution is 2.24. The number of nitrogens with zero attached hydrogens (tertiary/aromatic N) is 2. The zero-order valence-electron chi connectivity index (χ0n) is 10.2. The molecule has 0 aliphatic heterocycles. The molecule has 5 heteroatoms. The molecular formula is C13H14ClN3O. The number of benzene rings is 1. The van der Waals surface area contributed by atoms with Gasteiger partial charge >= 0.3 is 0 Å². The van der Waals surface area contributed by atoms with Gasteiger partial charge in [0.15, 0.2) is 0 Å². The lowest BCUT2D eigenvalue weighted by Crippen LogP contribution is -2.02. The van der Waals surface area contributed by atoms with Crippen LogP contribution in [0.1, 0.15) is 25.6 Å². The Balaban J connectivity index is 2.29. The molecule has 0 saturated carbocycles. The van der Waals surface area contributed by atoms with Crippen molar-refractivity contribution in [3.05, 3.63) is 41.2 Å². The van der Waals surface area contributed by atoms with Crippen LogP contribution in [0.3, 0.4) is 0 Å². The Morgan fingerprint density at radius 2 is 2.00 bits per heavy atom. The molecule has 0 atom stereocenters. The summed E-state index contributed by atoms with van der Waals surface area (Å²) in [5, 5.41) is 0.610. The van der Waals surface area contributed by atoms with Crippen LogP contribution in [-0.4, -0.2) is 9.97 Å². The Labute approximate surface area is 111 Å². The van der Waals surface area contributed by atoms with Crippen molar-refractivity contribution >= 4 is 17.4 Å². The van der Waals surface area contributed by atoms with Gasteiger partial charge in [-0.2, -0.15) is 4.98 Å². The average Bonchev–Trinajstić information content (AvgIpc) is 2.28. The summed E-state index contributed by atoms with van der Waals surface area (Å²) in [5.74, 6) is 2.29. The molecule has 1 heterocycles. The fourth-order valence-electron chi connectivity index (χ4n) is 1.42. The van der Waals surface area contributed by atoms with Crippen LogP contribution in [0.25, 0.3) is 0 Å². The van der Waals surface area contributed by atoms with Crippen molar-refractivity contribution in [3.63, 3.8) is 0 Å². The lowest BCUT2D eigenvalue weighted by Gasteiger charge is -2.09. The van der Waals surface area contributed by atoms with E-state index in [1.54, 1.807) is 24.3 Å². The third-order valence-corrected chi connectivity index (χ3v) is 2.51. The number of rotatable bonds is 3. The fourth-order valence-corrected chi connectivity index (χ4v) is 1.60. The number of nitrogen functional groups attached to an aromatic ring is 1. The first-order chi connectivity index (χ1) is 8.54. The molecule has 1 aromatic heterocycles. The molecule has 2 aromatic rings. The molecule has 0 aliphatic rings. The molecule has 94 valence electrons. The quantitative estimate of drug-likeness (QED) is 0.919. The number of anilines is 1. The van der Waals surface area contributed by atoms with Gasteiger partial charge in [0, 0.05) is 17.0 Å². The predicted molar refractivity (Wildman–Crippen MR) is 72.1 cm³/mol. The molecule has 0 radical (unpaired) electrons. The molecule has 0 amide bonds. The molecule has 0 spiro atoms. The molecule has 0 saturated heterocycles. The second-order valence-corrected chi connectivity index (χ2v) is 4.64. The van der Waals surface area contributed by atoms with Crippen LogP contribution in [0.2, 0.25) is 5.02 Å². The Morgan fingerprint density at radius 3 is 2.67 bits per heavy atom. The minimum absolute atomic E-state index is 0.190. The normalized spacial score (nSPS) is 10.7. The Kier molecular flexibility index (Phi) is 3.67. The van der Waals surface area contributed by atoms with Gasteiger partial charge < -0.3 is 10.5 Å². The molecule has 2 N–H and O–H groups in total. The van der Waals surface area contributed by atoms with E-state index in [1.807, 2.05) is 19.9 Å². The van der Waals surface area contributed by atoms with E-state index in [2.05, 4.69) is 9.97 Å². The highest BCUT2D eigenvalue weighted by Gasteiger charge is 2.08. The van der Waals surface area contributed by atoms with E-state index in [4.69, 9.17) is 22.1 Å². The number of hydrogen-bond acceptors (Lipinski definition) is 4. The van der Waals surface area contributed by atoms with Crippen molar-refractivity contribution in [1.82, 2.24) is 9.97 Å². The number of aromatic nitrogens is 2. The highest BCUT2D eigenvalue weighted by atomic mass is 35.5. The molecule has 0 unspecified atom stereocenters. The van der Waals surface area contributed by atoms with E-state index in [9.17, 15) is 0 Å². The topological polar surface area (TPSA) is 61.0 Å². The van der Waals surface area contributed by atoms with Crippen molar-refractivity contribution < 1.29 is 4.74 Å². The second-order valence-electron chi connectivity index (χ2n) is 4.20. The summed E-state index contributed by atoms with van der Waals surface area (Å²) in [6.07, 6.45) is 0. The van der Waals surface area contributed by atoms with Gasteiger partial charge in [-0.3, -0.25) is 0 Å². The third kappa shape index (κ3) is 3.11. The van der Waals surface area contributed by atoms with E-state index in [0.29, 0.717) is 28.3 Å². The van der Waals surface area contributed by atoms with Crippen LogP contribution in [0.5, 0.6) is 11.6 Å². The molecule has 0 aliphatic carbocycles. The van der Waals surface area contributed by atoms with E-state index in [1.165, 1.54) is 0 Å². The van der Waals surface area contributed by atoms with Gasteiger partial charge in [-0.1, -0.05) is 31.5 Å². The third-order valence-electron chi connectivity index (χ3n) is 2.27. The molecule has 2 rings (SSSR count). The van der Waals surface area contributed by atoms with Crippen molar-refractivity contribution in [2.75, 3.05) is 5.73 Å². The summed E-state index contributed by atoms with van der Waals surface area (Å²) in [6.45, 7) is 4.00.